The van der Waals surface area contributed by atoms with Gasteiger partial charge in [0.2, 0.25) is 5.88 Å². The maximum absolute atomic E-state index is 13.9. The van der Waals surface area contributed by atoms with E-state index in [1.54, 1.807) is 11.9 Å². The van der Waals surface area contributed by atoms with E-state index in [1.165, 1.54) is 0 Å². The number of carbonyl (C=O) groups excluding carboxylic acids is 1. The number of nitrogens with one attached hydrogen (secondary N) is 3. The number of ether oxygens (including phenoxy) is 1. The Bertz CT molecular complexity index is 2390. The highest BCUT2D eigenvalue weighted by molar-refractivity contribution is 6.06. The number of hydrazine groups is 1. The minimum atomic E-state index is -0.892. The van der Waals surface area contributed by atoms with Crippen molar-refractivity contribution in [1.29, 1.82) is 0 Å². The van der Waals surface area contributed by atoms with Crippen molar-refractivity contribution < 1.29 is 34.2 Å². The lowest BCUT2D eigenvalue weighted by molar-refractivity contribution is -0.849. The third-order valence-electron chi connectivity index (χ3n) is 10.7. The molecular formula is C46H46N5O6+. The van der Waals surface area contributed by atoms with Crippen molar-refractivity contribution in [2.24, 2.45) is 0 Å². The standard InChI is InChI=1S/C46H45N5O6/c1-46(2)37-28-33(45(56)49(3)36-21-19-35(20-22-36)48-47-34-14-6-4-7-15-34)18-23-38(37)50(26-24-43(52)53)41(46)16-8-5-9-17-42-51(27-25-44(54)55)39-29-31-12-10-11-13-32(31)30-40(39)57-42/h4-23,28-30,41,47-48H,24-27H2,1-3H3,(H,52,53)(H,54,55)/p+1/b9-5+,16-8+,42-17-. The van der Waals surface area contributed by atoms with Crippen molar-refractivity contribution in [3.05, 3.63) is 157 Å². The molecule has 5 aromatic rings. The molecule has 5 N–H and O–H groups in total. The predicted octanol–water partition coefficient (Wildman–Crippen LogP) is 7.53. The predicted molar refractivity (Wildman–Crippen MR) is 224 cm³/mol. The number of benzene rings is 5. The van der Waals surface area contributed by atoms with Gasteiger partial charge in [-0.3, -0.25) is 19.3 Å². The molecule has 2 atom stereocenters. The fraction of sp³-hybridized carbons (Fsp3) is 0.196. The molecule has 0 aromatic heterocycles. The van der Waals surface area contributed by atoms with Crippen LogP contribution in [0.2, 0.25) is 0 Å². The first-order valence-corrected chi connectivity index (χ1v) is 18.9. The molecule has 0 bridgehead atoms. The van der Waals surface area contributed by atoms with Crippen LogP contribution in [-0.2, 0) is 15.0 Å². The average molecular weight is 765 g/mol. The van der Waals surface area contributed by atoms with Gasteiger partial charge in [-0.25, -0.2) is 0 Å². The summed E-state index contributed by atoms with van der Waals surface area (Å²) >= 11 is 0. The second-order valence-corrected chi connectivity index (χ2v) is 14.7. The number of fused-ring (bicyclic) bond motifs is 3. The fourth-order valence-corrected chi connectivity index (χ4v) is 7.62. The van der Waals surface area contributed by atoms with Crippen molar-refractivity contribution in [2.75, 3.05) is 40.8 Å². The van der Waals surface area contributed by atoms with Gasteiger partial charge in [0.25, 0.3) is 5.91 Å². The van der Waals surface area contributed by atoms with Crippen LogP contribution in [0.5, 0.6) is 5.75 Å². The zero-order chi connectivity index (χ0) is 40.1. The summed E-state index contributed by atoms with van der Waals surface area (Å²) in [4.78, 5) is 41.6. The summed E-state index contributed by atoms with van der Waals surface area (Å²) in [6.45, 7) is 4.88. The summed E-state index contributed by atoms with van der Waals surface area (Å²) in [5.41, 5.74) is 11.7. The molecule has 0 radical (unpaired) electrons. The van der Waals surface area contributed by atoms with E-state index < -0.39 is 17.4 Å². The molecule has 0 spiro atoms. The molecule has 11 nitrogen and oxygen atoms in total. The summed E-state index contributed by atoms with van der Waals surface area (Å²) in [7, 11) is 1.76. The molecular weight excluding hydrogens is 719 g/mol. The zero-order valence-electron chi connectivity index (χ0n) is 32.1. The van der Waals surface area contributed by atoms with Gasteiger partial charge in [-0.1, -0.05) is 60.7 Å². The maximum Gasteiger partial charge on any atom is 0.309 e. The zero-order valence-corrected chi connectivity index (χ0v) is 32.1. The molecule has 7 rings (SSSR count). The topological polar surface area (TPSA) is 136 Å². The van der Waals surface area contributed by atoms with Gasteiger partial charge >= 0.3 is 11.9 Å². The van der Waals surface area contributed by atoms with Crippen LogP contribution >= 0.6 is 0 Å². The Hall–Kier alpha value is -6.85. The van der Waals surface area contributed by atoms with Gasteiger partial charge in [-0.2, -0.15) is 0 Å². The Balaban J connectivity index is 1.08. The molecule has 1 amide bonds. The van der Waals surface area contributed by atoms with E-state index in [4.69, 9.17) is 4.74 Å². The Kier molecular flexibility index (Phi) is 11.1. The van der Waals surface area contributed by atoms with Crippen LogP contribution in [0.25, 0.3) is 10.8 Å². The van der Waals surface area contributed by atoms with Crippen LogP contribution < -0.4 is 30.3 Å². The van der Waals surface area contributed by atoms with Crippen LogP contribution in [0.15, 0.2) is 145 Å². The van der Waals surface area contributed by atoms with Crippen LogP contribution in [0, 0.1) is 0 Å². The number of quaternary nitrogens is 1. The van der Waals surface area contributed by atoms with Crippen LogP contribution in [-0.4, -0.2) is 54.2 Å². The molecule has 0 saturated carbocycles. The van der Waals surface area contributed by atoms with E-state index in [1.807, 2.05) is 138 Å². The van der Waals surface area contributed by atoms with Gasteiger partial charge in [0, 0.05) is 36.5 Å². The Morgan fingerprint density at radius 1 is 0.807 bits per heavy atom. The SMILES string of the molecule is CN(C(=O)c1ccc2c(c1)C(C)(C)C(/C=C/C=C/C=C1\Oc3cc4ccccc4cc3N1CCC(=O)O)[NH+]2CCC(=O)O)c1ccc(NNc2ccccc2)cc1. The minimum Gasteiger partial charge on any atom is -0.481 e. The first kappa shape index (κ1) is 38.4. The molecule has 5 aromatic carbocycles. The molecule has 0 aliphatic carbocycles. The van der Waals surface area contributed by atoms with Crippen molar-refractivity contribution >= 4 is 57.1 Å². The third-order valence-corrected chi connectivity index (χ3v) is 10.7. The van der Waals surface area contributed by atoms with E-state index in [-0.39, 0.29) is 31.3 Å². The number of carboxylic acids is 2. The van der Waals surface area contributed by atoms with E-state index in [0.717, 1.165) is 49.7 Å². The highest BCUT2D eigenvalue weighted by atomic mass is 16.5. The van der Waals surface area contributed by atoms with Crippen molar-refractivity contribution in [3.63, 3.8) is 0 Å². The van der Waals surface area contributed by atoms with E-state index in [0.29, 0.717) is 23.7 Å². The van der Waals surface area contributed by atoms with Gasteiger partial charge in [0.1, 0.15) is 11.7 Å². The van der Waals surface area contributed by atoms with Crippen molar-refractivity contribution in [2.45, 2.75) is 38.1 Å². The second-order valence-electron chi connectivity index (χ2n) is 14.7. The van der Waals surface area contributed by atoms with E-state index in [9.17, 15) is 24.6 Å². The quantitative estimate of drug-likeness (QED) is 0.0575. The first-order valence-electron chi connectivity index (χ1n) is 18.9. The smallest absolute Gasteiger partial charge is 0.309 e. The number of nitrogens with zero attached hydrogens (tertiary/aromatic N) is 2. The van der Waals surface area contributed by atoms with Crippen LogP contribution in [0.4, 0.5) is 28.4 Å². The van der Waals surface area contributed by atoms with Gasteiger partial charge in [0.15, 0.2) is 5.75 Å². The molecule has 0 fully saturated rings. The second kappa shape index (κ2) is 16.5. The largest absolute Gasteiger partial charge is 0.481 e. The number of hydrogen-bond donors (Lipinski definition) is 5. The molecule has 2 aliphatic rings. The molecule has 57 heavy (non-hydrogen) atoms. The number of para-hydroxylation sites is 1. The highest BCUT2D eigenvalue weighted by Crippen LogP contribution is 2.42. The van der Waals surface area contributed by atoms with Crippen molar-refractivity contribution in [3.8, 4) is 5.75 Å². The summed E-state index contributed by atoms with van der Waals surface area (Å²) < 4.78 is 6.22. The maximum atomic E-state index is 13.9. The molecule has 2 heterocycles. The van der Waals surface area contributed by atoms with E-state index in [2.05, 4.69) is 30.8 Å². The minimum absolute atomic E-state index is 0.00857. The van der Waals surface area contributed by atoms with Crippen LogP contribution in [0.1, 0.15) is 42.6 Å². The van der Waals surface area contributed by atoms with Gasteiger partial charge in [-0.15, -0.1) is 0 Å². The monoisotopic (exact) mass is 764 g/mol. The molecule has 0 saturated heterocycles. The number of carboxylic acid groups (broad SMARTS) is 2. The normalized spacial score (nSPS) is 17.5. The molecule has 2 unspecified atom stereocenters. The number of aliphatic carboxylic acids is 2. The van der Waals surface area contributed by atoms with Crippen LogP contribution in [0.3, 0.4) is 0 Å². The Morgan fingerprint density at radius 3 is 2.18 bits per heavy atom. The number of rotatable bonds is 14. The van der Waals surface area contributed by atoms with Gasteiger partial charge in [-0.05, 0) is 97.4 Å². The average Bonchev–Trinajstić information content (AvgIpc) is 3.65. The number of hydrogen-bond acceptors (Lipinski definition) is 7. The summed E-state index contributed by atoms with van der Waals surface area (Å²) in [5.74, 6) is -0.712. The van der Waals surface area contributed by atoms with Gasteiger partial charge in [0.05, 0.1) is 41.9 Å². The summed E-state index contributed by atoms with van der Waals surface area (Å²) in [6.07, 6.45) is 9.54. The van der Waals surface area contributed by atoms with E-state index >= 15 is 0 Å². The molecule has 11 heteroatoms. The van der Waals surface area contributed by atoms with Gasteiger partial charge < -0.3 is 35.6 Å². The number of amides is 1. The Morgan fingerprint density at radius 2 is 1.47 bits per heavy atom. The third kappa shape index (κ3) is 8.39. The lowest BCUT2D eigenvalue weighted by atomic mass is 9.79. The summed E-state index contributed by atoms with van der Waals surface area (Å²) in [6, 6.07) is 34.9. The summed E-state index contributed by atoms with van der Waals surface area (Å²) in [5, 5.41) is 21.1. The Labute approximate surface area is 331 Å². The number of allylic oxidation sites excluding steroid dienone is 4. The number of anilines is 4. The lowest BCUT2D eigenvalue weighted by Gasteiger charge is -2.27. The number of carbonyl (C=O) groups is 3. The highest BCUT2D eigenvalue weighted by Gasteiger charge is 2.48. The molecule has 2 aliphatic heterocycles. The fourth-order valence-electron chi connectivity index (χ4n) is 7.62. The van der Waals surface area contributed by atoms with Crippen molar-refractivity contribution in [1.82, 2.24) is 0 Å². The lowest BCUT2D eigenvalue weighted by Crippen LogP contribution is -3.10. The first-order chi connectivity index (χ1) is 27.5. The molecule has 290 valence electrons.